The highest BCUT2D eigenvalue weighted by molar-refractivity contribution is 8.26. The van der Waals surface area contributed by atoms with E-state index in [0.717, 1.165) is 36.1 Å². The lowest BCUT2D eigenvalue weighted by atomic mass is 10.1. The highest BCUT2D eigenvalue weighted by Crippen LogP contribution is 2.32. The molecule has 0 saturated carbocycles. The van der Waals surface area contributed by atoms with Crippen LogP contribution in [0.25, 0.3) is 6.08 Å². The molecule has 1 N–H and O–H groups in total. The Hall–Kier alpha value is -2.44. The van der Waals surface area contributed by atoms with Gasteiger partial charge in [-0.15, -0.1) is 0 Å². The van der Waals surface area contributed by atoms with Crippen molar-refractivity contribution in [2.24, 2.45) is 0 Å². The molecule has 0 spiro atoms. The van der Waals surface area contributed by atoms with E-state index in [1.165, 1.54) is 11.8 Å². The van der Waals surface area contributed by atoms with E-state index in [-0.39, 0.29) is 11.8 Å². The smallest absolute Gasteiger partial charge is 0.266 e. The average molecular weight is 425 g/mol. The first kappa shape index (κ1) is 21.3. The number of nitrogens with one attached hydrogen (secondary N) is 1. The largest absolute Gasteiger partial charge is 0.326 e. The van der Waals surface area contributed by atoms with E-state index in [2.05, 4.69) is 5.32 Å². The molecule has 0 unspecified atom stereocenters. The molecule has 0 aromatic heterocycles. The van der Waals surface area contributed by atoms with Gasteiger partial charge in [-0.1, -0.05) is 78.9 Å². The Balaban J connectivity index is 1.41. The van der Waals surface area contributed by atoms with Gasteiger partial charge < -0.3 is 5.32 Å². The minimum atomic E-state index is -0.0267. The van der Waals surface area contributed by atoms with Crippen molar-refractivity contribution in [2.75, 3.05) is 11.9 Å². The van der Waals surface area contributed by atoms with Crippen molar-refractivity contribution in [1.29, 1.82) is 0 Å². The molecule has 2 aromatic rings. The second-order valence-corrected chi connectivity index (χ2v) is 8.59. The SMILES string of the molecule is Cc1ccccc1NC(=O)CCCCCN1C(=O)/C(=C/c2ccccc2)SC1=S. The number of thioether (sulfide) groups is 1. The summed E-state index contributed by atoms with van der Waals surface area (Å²) >= 11 is 6.73. The number of para-hydroxylation sites is 1. The van der Waals surface area contributed by atoms with Crippen molar-refractivity contribution in [3.63, 3.8) is 0 Å². The Morgan fingerprint density at radius 3 is 2.55 bits per heavy atom. The van der Waals surface area contributed by atoms with Crippen LogP contribution in [0.15, 0.2) is 59.5 Å². The molecule has 1 heterocycles. The fourth-order valence-electron chi connectivity index (χ4n) is 3.05. The zero-order chi connectivity index (χ0) is 20.6. The molecule has 1 aliphatic rings. The van der Waals surface area contributed by atoms with Crippen LogP contribution in [-0.4, -0.2) is 27.6 Å². The van der Waals surface area contributed by atoms with Gasteiger partial charge in [0.1, 0.15) is 4.32 Å². The minimum Gasteiger partial charge on any atom is -0.326 e. The number of hydrogen-bond donors (Lipinski definition) is 1. The molecule has 150 valence electrons. The molecule has 0 radical (unpaired) electrons. The van der Waals surface area contributed by atoms with Crippen LogP contribution in [-0.2, 0) is 9.59 Å². The third kappa shape index (κ3) is 6.02. The van der Waals surface area contributed by atoms with Crippen LogP contribution in [0.4, 0.5) is 5.69 Å². The number of carbonyl (C=O) groups is 2. The second kappa shape index (κ2) is 10.4. The second-order valence-electron chi connectivity index (χ2n) is 6.92. The zero-order valence-corrected chi connectivity index (χ0v) is 18.0. The third-order valence-corrected chi connectivity index (χ3v) is 6.05. The van der Waals surface area contributed by atoms with E-state index in [0.29, 0.717) is 22.2 Å². The van der Waals surface area contributed by atoms with Gasteiger partial charge in [-0.25, -0.2) is 0 Å². The van der Waals surface area contributed by atoms with E-state index in [4.69, 9.17) is 12.2 Å². The summed E-state index contributed by atoms with van der Waals surface area (Å²) in [6.07, 6.45) is 4.83. The lowest BCUT2D eigenvalue weighted by molar-refractivity contribution is -0.122. The van der Waals surface area contributed by atoms with Crippen LogP contribution in [0, 0.1) is 6.92 Å². The van der Waals surface area contributed by atoms with E-state index in [1.807, 2.05) is 67.6 Å². The average Bonchev–Trinajstić information content (AvgIpc) is 2.97. The summed E-state index contributed by atoms with van der Waals surface area (Å²) in [4.78, 5) is 27.0. The van der Waals surface area contributed by atoms with Gasteiger partial charge in [0, 0.05) is 18.7 Å². The number of anilines is 1. The lowest BCUT2D eigenvalue weighted by Gasteiger charge is -2.14. The Bertz CT molecular complexity index is 925. The van der Waals surface area contributed by atoms with Crippen LogP contribution in [0.2, 0.25) is 0 Å². The Kier molecular flexibility index (Phi) is 7.61. The van der Waals surface area contributed by atoms with Gasteiger partial charge in [0.25, 0.3) is 5.91 Å². The molecule has 2 aromatic carbocycles. The number of amides is 2. The monoisotopic (exact) mass is 424 g/mol. The van der Waals surface area contributed by atoms with Gasteiger partial charge in [-0.05, 0) is 43.0 Å². The molecule has 1 fully saturated rings. The van der Waals surface area contributed by atoms with Crippen LogP contribution in [0.5, 0.6) is 0 Å². The van der Waals surface area contributed by atoms with Crippen molar-refractivity contribution in [3.05, 3.63) is 70.6 Å². The lowest BCUT2D eigenvalue weighted by Crippen LogP contribution is -2.29. The maximum Gasteiger partial charge on any atom is 0.266 e. The van der Waals surface area contributed by atoms with Crippen molar-refractivity contribution in [3.8, 4) is 0 Å². The normalized spacial score (nSPS) is 15.2. The number of hydrogen-bond acceptors (Lipinski definition) is 4. The highest BCUT2D eigenvalue weighted by Gasteiger charge is 2.31. The Morgan fingerprint density at radius 2 is 1.79 bits per heavy atom. The van der Waals surface area contributed by atoms with E-state index in [1.54, 1.807) is 4.90 Å². The maximum atomic E-state index is 12.6. The first-order valence-corrected chi connectivity index (χ1v) is 10.9. The van der Waals surface area contributed by atoms with Gasteiger partial charge in [-0.2, -0.15) is 0 Å². The van der Waals surface area contributed by atoms with Crippen LogP contribution >= 0.6 is 24.0 Å². The van der Waals surface area contributed by atoms with Gasteiger partial charge in [0.05, 0.1) is 4.91 Å². The molecule has 6 heteroatoms. The topological polar surface area (TPSA) is 49.4 Å². The summed E-state index contributed by atoms with van der Waals surface area (Å²) < 4.78 is 0.606. The van der Waals surface area contributed by atoms with E-state index < -0.39 is 0 Å². The molecule has 4 nitrogen and oxygen atoms in total. The van der Waals surface area contributed by atoms with E-state index >= 15 is 0 Å². The summed E-state index contributed by atoms with van der Waals surface area (Å²) in [6, 6.07) is 17.5. The van der Waals surface area contributed by atoms with Gasteiger partial charge in [0.2, 0.25) is 5.91 Å². The number of nitrogens with zero attached hydrogens (tertiary/aromatic N) is 1. The number of thiocarbonyl (C=S) groups is 1. The van der Waals surface area contributed by atoms with Crippen molar-refractivity contribution < 1.29 is 9.59 Å². The molecule has 0 aliphatic carbocycles. The summed E-state index contributed by atoms with van der Waals surface area (Å²) in [5.41, 5.74) is 2.91. The zero-order valence-electron chi connectivity index (χ0n) is 16.4. The Morgan fingerprint density at radius 1 is 1.07 bits per heavy atom. The number of rotatable bonds is 8. The number of carbonyl (C=O) groups excluding carboxylic acids is 2. The van der Waals surface area contributed by atoms with Crippen LogP contribution in [0.1, 0.15) is 36.8 Å². The third-order valence-electron chi connectivity index (χ3n) is 4.68. The molecular weight excluding hydrogens is 400 g/mol. The predicted molar refractivity (Wildman–Crippen MR) is 125 cm³/mol. The first-order chi connectivity index (χ1) is 14.0. The summed E-state index contributed by atoms with van der Waals surface area (Å²) in [7, 11) is 0. The summed E-state index contributed by atoms with van der Waals surface area (Å²) in [5.74, 6) is -0.00291. The number of unbranched alkanes of at least 4 members (excludes halogenated alkanes) is 2. The van der Waals surface area contributed by atoms with Crippen molar-refractivity contribution in [2.45, 2.75) is 32.6 Å². The van der Waals surface area contributed by atoms with Gasteiger partial charge in [0.15, 0.2) is 0 Å². The molecular formula is C23H24N2O2S2. The van der Waals surface area contributed by atoms with Crippen molar-refractivity contribution in [1.82, 2.24) is 4.90 Å². The minimum absolute atomic E-state index is 0.0238. The molecule has 0 atom stereocenters. The number of benzene rings is 2. The Labute approximate surface area is 181 Å². The fraction of sp³-hybridized carbons (Fsp3) is 0.261. The maximum absolute atomic E-state index is 12.6. The quantitative estimate of drug-likeness (QED) is 0.350. The molecule has 3 rings (SSSR count). The molecule has 1 aliphatic heterocycles. The number of aryl methyl sites for hydroxylation is 1. The summed E-state index contributed by atoms with van der Waals surface area (Å²) in [5, 5.41) is 2.95. The van der Waals surface area contributed by atoms with Crippen molar-refractivity contribution >= 4 is 51.9 Å². The molecule has 1 saturated heterocycles. The molecule has 29 heavy (non-hydrogen) atoms. The predicted octanol–water partition coefficient (Wildman–Crippen LogP) is 5.40. The molecule has 2 amide bonds. The standard InChI is InChI=1S/C23H24N2O2S2/c1-17-10-7-8-13-19(17)24-21(26)14-6-3-9-15-25-22(27)20(29-23(25)28)16-18-11-4-2-5-12-18/h2,4-5,7-8,10-13,16H,3,6,9,14-15H2,1H3,(H,24,26)/b20-16-. The first-order valence-electron chi connectivity index (χ1n) is 9.70. The van der Waals surface area contributed by atoms with Gasteiger partial charge >= 0.3 is 0 Å². The molecule has 0 bridgehead atoms. The fourth-order valence-corrected chi connectivity index (χ4v) is 4.36. The van der Waals surface area contributed by atoms with Crippen LogP contribution < -0.4 is 5.32 Å². The summed E-state index contributed by atoms with van der Waals surface area (Å²) in [6.45, 7) is 2.57. The van der Waals surface area contributed by atoms with Gasteiger partial charge in [-0.3, -0.25) is 14.5 Å². The van der Waals surface area contributed by atoms with E-state index in [9.17, 15) is 9.59 Å². The highest BCUT2D eigenvalue weighted by atomic mass is 32.2. The van der Waals surface area contributed by atoms with Crippen LogP contribution in [0.3, 0.4) is 0 Å².